The number of hydrogen-bond donors (Lipinski definition) is 3. The molecule has 5 rings (SSSR count). The molecule has 1 atom stereocenters. The van der Waals surface area contributed by atoms with Crippen molar-refractivity contribution >= 4 is 28.4 Å². The molecule has 2 aromatic carbocycles. The Bertz CT molecular complexity index is 1510. The Morgan fingerprint density at radius 1 is 1.00 bits per heavy atom. The van der Waals surface area contributed by atoms with Crippen LogP contribution >= 0.6 is 0 Å². The summed E-state index contributed by atoms with van der Waals surface area (Å²) < 4.78 is 1.89. The molecule has 0 spiro atoms. The molecular weight excluding hydrogens is 454 g/mol. The van der Waals surface area contributed by atoms with E-state index in [-0.39, 0.29) is 5.91 Å². The summed E-state index contributed by atoms with van der Waals surface area (Å²) in [6, 6.07) is 20.8. The van der Waals surface area contributed by atoms with E-state index in [1.165, 1.54) is 0 Å². The highest BCUT2D eigenvalue weighted by Crippen LogP contribution is 2.18. The van der Waals surface area contributed by atoms with E-state index in [9.17, 15) is 9.90 Å². The Balaban J connectivity index is 1.31. The van der Waals surface area contributed by atoms with Gasteiger partial charge in [-0.05, 0) is 42.8 Å². The number of nitrogens with one attached hydrogen (secondary N) is 2. The van der Waals surface area contributed by atoms with E-state index in [1.807, 2.05) is 65.4 Å². The topological polar surface area (TPSA) is 118 Å². The molecule has 0 aliphatic rings. The minimum atomic E-state index is -0.508. The summed E-state index contributed by atoms with van der Waals surface area (Å²) in [4.78, 5) is 30.5. The number of benzene rings is 2. The molecule has 3 aromatic heterocycles. The van der Waals surface area contributed by atoms with Crippen LogP contribution in [0.3, 0.4) is 0 Å². The predicted octanol–water partition coefficient (Wildman–Crippen LogP) is 3.85. The van der Waals surface area contributed by atoms with Crippen molar-refractivity contribution in [2.24, 2.45) is 0 Å². The van der Waals surface area contributed by atoms with Gasteiger partial charge >= 0.3 is 0 Å². The quantitative estimate of drug-likeness (QED) is 0.309. The molecule has 0 bridgehead atoms. The van der Waals surface area contributed by atoms with Gasteiger partial charge in [0.25, 0.3) is 5.91 Å². The molecule has 0 saturated heterocycles. The van der Waals surface area contributed by atoms with Crippen molar-refractivity contribution in [3.63, 3.8) is 0 Å². The van der Waals surface area contributed by atoms with Crippen LogP contribution in [-0.4, -0.2) is 48.2 Å². The summed E-state index contributed by atoms with van der Waals surface area (Å²) in [5.41, 5.74) is 2.79. The summed E-state index contributed by atoms with van der Waals surface area (Å²) in [5.74, 6) is 1.62. The molecule has 0 fully saturated rings. The van der Waals surface area contributed by atoms with E-state index in [2.05, 4.69) is 30.6 Å². The first-order valence-corrected chi connectivity index (χ1v) is 11.6. The van der Waals surface area contributed by atoms with E-state index >= 15 is 0 Å². The number of para-hydroxylation sites is 1. The monoisotopic (exact) mass is 479 g/mol. The maximum Gasteiger partial charge on any atom is 0.274 e. The molecule has 180 valence electrons. The van der Waals surface area contributed by atoms with Gasteiger partial charge in [-0.2, -0.15) is 4.98 Å². The predicted molar refractivity (Wildman–Crippen MR) is 138 cm³/mol. The second kappa shape index (κ2) is 10.3. The molecule has 36 heavy (non-hydrogen) atoms. The average Bonchev–Trinajstić information content (AvgIpc) is 3.35. The summed E-state index contributed by atoms with van der Waals surface area (Å²) in [6.07, 6.45) is 5.24. The van der Waals surface area contributed by atoms with Crippen LogP contribution in [0.1, 0.15) is 28.8 Å². The summed E-state index contributed by atoms with van der Waals surface area (Å²) >= 11 is 0. The molecule has 1 amide bonds. The first-order valence-electron chi connectivity index (χ1n) is 11.6. The van der Waals surface area contributed by atoms with Gasteiger partial charge in [0.15, 0.2) is 0 Å². The van der Waals surface area contributed by atoms with E-state index in [0.29, 0.717) is 36.1 Å². The third-order valence-corrected chi connectivity index (χ3v) is 5.54. The Kier molecular flexibility index (Phi) is 6.63. The number of imidazole rings is 1. The van der Waals surface area contributed by atoms with Crippen LogP contribution in [0.4, 0.5) is 11.6 Å². The maximum atomic E-state index is 12.8. The Labute approximate surface area is 207 Å². The van der Waals surface area contributed by atoms with E-state index in [4.69, 9.17) is 0 Å². The Morgan fingerprint density at radius 2 is 1.89 bits per heavy atom. The number of fused-ring (bicyclic) bond motifs is 1. The molecular formula is C27H25N7O2. The average molecular weight is 480 g/mol. The van der Waals surface area contributed by atoms with Crippen molar-refractivity contribution in [3.8, 4) is 5.82 Å². The fraction of sp³-hybridized carbons (Fsp3) is 0.148. The van der Waals surface area contributed by atoms with Gasteiger partial charge < -0.3 is 15.7 Å². The number of carbonyl (C=O) groups is 1. The van der Waals surface area contributed by atoms with Crippen LogP contribution in [0.25, 0.3) is 16.7 Å². The number of aromatic nitrogens is 5. The minimum absolute atomic E-state index is 0.266. The number of anilines is 2. The van der Waals surface area contributed by atoms with E-state index in [1.54, 1.807) is 31.5 Å². The normalized spacial score (nSPS) is 11.8. The first kappa shape index (κ1) is 23.1. The highest BCUT2D eigenvalue weighted by molar-refractivity contribution is 6.04. The van der Waals surface area contributed by atoms with Crippen LogP contribution in [0.2, 0.25) is 0 Å². The zero-order chi connectivity index (χ0) is 24.9. The van der Waals surface area contributed by atoms with Gasteiger partial charge in [0.1, 0.15) is 17.3 Å². The molecule has 0 unspecified atom stereocenters. The molecule has 3 N–H and O–H groups in total. The summed E-state index contributed by atoms with van der Waals surface area (Å²) in [5, 5.41) is 16.4. The number of aliphatic hydroxyl groups is 1. The minimum Gasteiger partial charge on any atom is -0.392 e. The fourth-order valence-electron chi connectivity index (χ4n) is 3.81. The van der Waals surface area contributed by atoms with Gasteiger partial charge in [-0.15, -0.1) is 0 Å². The number of nitrogens with zero attached hydrogens (tertiary/aromatic N) is 5. The highest BCUT2D eigenvalue weighted by atomic mass is 16.3. The molecule has 0 aliphatic carbocycles. The fourth-order valence-corrected chi connectivity index (χ4v) is 3.81. The van der Waals surface area contributed by atoms with Gasteiger partial charge in [0.2, 0.25) is 5.95 Å². The van der Waals surface area contributed by atoms with Gasteiger partial charge in [0, 0.05) is 42.6 Å². The third kappa shape index (κ3) is 5.37. The Morgan fingerprint density at radius 3 is 2.78 bits per heavy atom. The Hall–Kier alpha value is -4.63. The van der Waals surface area contributed by atoms with E-state index < -0.39 is 6.10 Å². The lowest BCUT2D eigenvalue weighted by Gasteiger charge is -2.11. The number of carbonyl (C=O) groups excluding carboxylic acids is 1. The van der Waals surface area contributed by atoms with Gasteiger partial charge in [-0.25, -0.2) is 15.0 Å². The maximum absolute atomic E-state index is 12.8. The lowest BCUT2D eigenvalue weighted by molar-refractivity contribution is 0.102. The standard InChI is InChI=1S/C27H25N7O2/c1-18(35)17-30-27-29-12-11-24(33-27)34-14-13-28-25(34)16-19-5-4-7-21(15-19)31-26(36)23-10-9-20-6-2-3-8-22(20)32-23/h2-15,18,35H,16-17H2,1H3,(H,31,36)(H,29,30,33)/t18-/m0/s1. The molecule has 9 nitrogen and oxygen atoms in total. The smallest absolute Gasteiger partial charge is 0.274 e. The van der Waals surface area contributed by atoms with Crippen LogP contribution in [-0.2, 0) is 6.42 Å². The third-order valence-electron chi connectivity index (χ3n) is 5.54. The van der Waals surface area contributed by atoms with Crippen molar-refractivity contribution in [2.45, 2.75) is 19.4 Å². The number of hydrogen-bond acceptors (Lipinski definition) is 7. The van der Waals surface area contributed by atoms with Crippen LogP contribution in [0, 0.1) is 0 Å². The zero-order valence-electron chi connectivity index (χ0n) is 19.7. The SMILES string of the molecule is C[C@H](O)CNc1nccc(-n2ccnc2Cc2cccc(NC(=O)c3ccc4ccccc4n3)c2)n1. The lowest BCUT2D eigenvalue weighted by atomic mass is 10.1. The van der Waals surface area contributed by atoms with Crippen molar-refractivity contribution in [3.05, 3.63) is 102 Å². The van der Waals surface area contributed by atoms with Gasteiger partial charge in [-0.1, -0.05) is 36.4 Å². The molecule has 0 radical (unpaired) electrons. The van der Waals surface area contributed by atoms with Crippen molar-refractivity contribution in [1.29, 1.82) is 0 Å². The van der Waals surface area contributed by atoms with Gasteiger partial charge in [0.05, 0.1) is 11.6 Å². The number of aliphatic hydroxyl groups excluding tert-OH is 1. The van der Waals surface area contributed by atoms with Crippen molar-refractivity contribution < 1.29 is 9.90 Å². The van der Waals surface area contributed by atoms with Crippen molar-refractivity contribution in [2.75, 3.05) is 17.2 Å². The lowest BCUT2D eigenvalue weighted by Crippen LogP contribution is -2.17. The van der Waals surface area contributed by atoms with Crippen LogP contribution in [0.15, 0.2) is 85.3 Å². The van der Waals surface area contributed by atoms with E-state index in [0.717, 1.165) is 22.3 Å². The molecule has 9 heteroatoms. The number of amides is 1. The molecule has 3 heterocycles. The summed E-state index contributed by atoms with van der Waals surface area (Å²) in [6.45, 7) is 2.05. The molecule has 5 aromatic rings. The number of pyridine rings is 1. The summed E-state index contributed by atoms with van der Waals surface area (Å²) in [7, 11) is 0. The second-order valence-corrected chi connectivity index (χ2v) is 8.40. The molecule has 0 saturated carbocycles. The van der Waals surface area contributed by atoms with Crippen LogP contribution in [0.5, 0.6) is 0 Å². The number of rotatable bonds is 8. The second-order valence-electron chi connectivity index (χ2n) is 8.40. The van der Waals surface area contributed by atoms with Crippen molar-refractivity contribution in [1.82, 2.24) is 24.5 Å². The highest BCUT2D eigenvalue weighted by Gasteiger charge is 2.12. The zero-order valence-corrected chi connectivity index (χ0v) is 19.7. The largest absolute Gasteiger partial charge is 0.392 e. The van der Waals surface area contributed by atoms with Gasteiger partial charge in [-0.3, -0.25) is 9.36 Å². The molecule has 0 aliphatic heterocycles. The first-order chi connectivity index (χ1) is 17.5. The van der Waals surface area contributed by atoms with Crippen LogP contribution < -0.4 is 10.6 Å².